The third kappa shape index (κ3) is 5.03. The molecule has 0 saturated heterocycles. The Balaban J connectivity index is 2.14. The first-order valence-corrected chi connectivity index (χ1v) is 10.7. The van der Waals surface area contributed by atoms with Gasteiger partial charge in [0.2, 0.25) is 5.69 Å². The number of halogens is 1. The van der Waals surface area contributed by atoms with E-state index in [0.29, 0.717) is 6.07 Å². The predicted molar refractivity (Wildman–Crippen MR) is 111 cm³/mol. The Hall–Kier alpha value is -4.13. The number of benzene rings is 2. The molecule has 0 N–H and O–H groups in total. The zero-order chi connectivity index (χ0) is 24.3. The van der Waals surface area contributed by atoms with Crippen molar-refractivity contribution >= 4 is 21.8 Å². The van der Waals surface area contributed by atoms with Crippen LogP contribution in [0.4, 0.5) is 10.1 Å². The van der Waals surface area contributed by atoms with Gasteiger partial charge in [-0.25, -0.2) is 9.18 Å². The van der Waals surface area contributed by atoms with Crippen LogP contribution in [0.2, 0.25) is 0 Å². The van der Waals surface area contributed by atoms with Crippen molar-refractivity contribution in [3.63, 3.8) is 0 Å². The van der Waals surface area contributed by atoms with Gasteiger partial charge < -0.3 is 8.92 Å². The van der Waals surface area contributed by atoms with Crippen LogP contribution in [0.15, 0.2) is 58.2 Å². The molecule has 0 aliphatic heterocycles. The van der Waals surface area contributed by atoms with Crippen LogP contribution in [-0.2, 0) is 14.9 Å². The highest BCUT2D eigenvalue weighted by Crippen LogP contribution is 2.26. The van der Waals surface area contributed by atoms with Crippen molar-refractivity contribution in [2.45, 2.75) is 18.7 Å². The van der Waals surface area contributed by atoms with Crippen LogP contribution in [0.1, 0.15) is 23.0 Å². The maximum atomic E-state index is 13.2. The number of hydrogen-bond donors (Lipinski definition) is 0. The summed E-state index contributed by atoms with van der Waals surface area (Å²) in [5, 5.41) is 14.9. The molecule has 0 spiro atoms. The minimum atomic E-state index is -4.72. The van der Waals surface area contributed by atoms with Gasteiger partial charge in [0.25, 0.3) is 11.2 Å². The third-order valence-electron chi connectivity index (χ3n) is 4.29. The zero-order valence-electron chi connectivity index (χ0n) is 17.2. The molecule has 0 unspecified atom stereocenters. The minimum Gasteiger partial charge on any atom is -0.461 e. The molecule has 2 aromatic carbocycles. The first-order valence-electron chi connectivity index (χ1n) is 9.30. The molecule has 33 heavy (non-hydrogen) atoms. The zero-order valence-corrected chi connectivity index (χ0v) is 18.0. The second-order valence-electron chi connectivity index (χ2n) is 6.55. The first kappa shape index (κ1) is 23.5. The molecule has 0 radical (unpaired) electrons. The summed E-state index contributed by atoms with van der Waals surface area (Å²) in [6.07, 6.45) is 0. The predicted octanol–water partition coefficient (Wildman–Crippen LogP) is 2.53. The van der Waals surface area contributed by atoms with Crippen LogP contribution in [0.5, 0.6) is 5.75 Å². The fraction of sp³-hybridized carbons (Fsp3) is 0.150. The molecule has 13 heteroatoms. The first-order chi connectivity index (χ1) is 15.5. The van der Waals surface area contributed by atoms with Gasteiger partial charge in [-0.05, 0) is 43.7 Å². The molecule has 11 nitrogen and oxygen atoms in total. The average molecular weight is 477 g/mol. The molecular formula is C20H16FN3O8S. The van der Waals surface area contributed by atoms with Gasteiger partial charge in [-0.1, -0.05) is 6.07 Å². The lowest BCUT2D eigenvalue weighted by atomic mass is 10.2. The summed E-state index contributed by atoms with van der Waals surface area (Å²) in [7, 11) is -4.72. The fourth-order valence-corrected chi connectivity index (χ4v) is 3.93. The van der Waals surface area contributed by atoms with Crippen molar-refractivity contribution in [2.75, 3.05) is 6.61 Å². The topological polar surface area (TPSA) is 148 Å². The van der Waals surface area contributed by atoms with Crippen molar-refractivity contribution < 1.29 is 31.4 Å². The van der Waals surface area contributed by atoms with Gasteiger partial charge in [-0.2, -0.15) is 18.2 Å². The summed E-state index contributed by atoms with van der Waals surface area (Å²) < 4.78 is 49.6. The van der Waals surface area contributed by atoms with E-state index in [1.54, 1.807) is 0 Å². The van der Waals surface area contributed by atoms with Crippen LogP contribution >= 0.6 is 0 Å². The van der Waals surface area contributed by atoms with E-state index in [0.717, 1.165) is 28.9 Å². The Kier molecular flexibility index (Phi) is 6.53. The molecule has 1 heterocycles. The van der Waals surface area contributed by atoms with Gasteiger partial charge in [0.05, 0.1) is 23.3 Å². The van der Waals surface area contributed by atoms with Crippen molar-refractivity contribution in [3.05, 3.63) is 86.1 Å². The van der Waals surface area contributed by atoms with E-state index in [1.165, 1.54) is 32.0 Å². The molecule has 0 aliphatic carbocycles. The van der Waals surface area contributed by atoms with Gasteiger partial charge >= 0.3 is 16.1 Å². The lowest BCUT2D eigenvalue weighted by molar-refractivity contribution is -0.385. The third-order valence-corrected chi connectivity index (χ3v) is 5.67. The largest absolute Gasteiger partial charge is 0.461 e. The second-order valence-corrected chi connectivity index (χ2v) is 8.06. The van der Waals surface area contributed by atoms with E-state index in [-0.39, 0.29) is 17.9 Å². The number of aryl methyl sites for hydroxylation is 1. The van der Waals surface area contributed by atoms with E-state index >= 15 is 0 Å². The van der Waals surface area contributed by atoms with Gasteiger partial charge in [0.15, 0.2) is 5.75 Å². The van der Waals surface area contributed by atoms with E-state index in [1.807, 2.05) is 0 Å². The normalized spacial score (nSPS) is 11.1. The van der Waals surface area contributed by atoms with Gasteiger partial charge in [-0.15, -0.1) is 0 Å². The molecule has 1 aromatic heterocycles. The number of non-ortho nitro benzene ring substituents is 1. The highest BCUT2D eigenvalue weighted by Gasteiger charge is 2.28. The average Bonchev–Trinajstić information content (AvgIpc) is 2.74. The van der Waals surface area contributed by atoms with Crippen LogP contribution in [0.3, 0.4) is 0 Å². The minimum absolute atomic E-state index is 0.0909. The number of ether oxygens (including phenoxy) is 1. The molecule has 3 rings (SSSR count). The van der Waals surface area contributed by atoms with Crippen molar-refractivity contribution in [2.24, 2.45) is 0 Å². The number of aromatic nitrogens is 2. The fourth-order valence-electron chi connectivity index (χ4n) is 2.75. The Morgan fingerprint density at radius 3 is 2.45 bits per heavy atom. The monoisotopic (exact) mass is 477 g/mol. The van der Waals surface area contributed by atoms with Crippen molar-refractivity contribution in [1.29, 1.82) is 0 Å². The maximum absolute atomic E-state index is 13.2. The molecule has 0 bridgehead atoms. The summed E-state index contributed by atoms with van der Waals surface area (Å²) in [5.74, 6) is -2.40. The number of esters is 1. The van der Waals surface area contributed by atoms with Crippen LogP contribution < -0.4 is 9.74 Å². The molecule has 0 fully saturated rings. The van der Waals surface area contributed by atoms with Crippen molar-refractivity contribution in [1.82, 2.24) is 9.78 Å². The lowest BCUT2D eigenvalue weighted by Crippen LogP contribution is -2.26. The van der Waals surface area contributed by atoms with Crippen LogP contribution in [-0.4, -0.2) is 35.7 Å². The summed E-state index contributed by atoms with van der Waals surface area (Å²) in [5.41, 5.74) is -1.82. The van der Waals surface area contributed by atoms with E-state index in [4.69, 9.17) is 8.92 Å². The molecule has 3 aromatic rings. The van der Waals surface area contributed by atoms with Crippen LogP contribution in [0, 0.1) is 22.9 Å². The maximum Gasteiger partial charge on any atom is 0.362 e. The van der Waals surface area contributed by atoms with E-state index in [2.05, 4.69) is 5.10 Å². The molecule has 0 saturated carbocycles. The van der Waals surface area contributed by atoms with Gasteiger partial charge in [0, 0.05) is 12.1 Å². The Morgan fingerprint density at radius 2 is 1.85 bits per heavy atom. The number of carbonyl (C=O) groups excluding carboxylic acids is 1. The quantitative estimate of drug-likeness (QED) is 0.217. The van der Waals surface area contributed by atoms with E-state index in [9.17, 15) is 32.5 Å². The summed E-state index contributed by atoms with van der Waals surface area (Å²) in [6, 6.07) is 8.40. The smallest absolute Gasteiger partial charge is 0.362 e. The van der Waals surface area contributed by atoms with Gasteiger partial charge in [0.1, 0.15) is 10.7 Å². The summed E-state index contributed by atoms with van der Waals surface area (Å²) in [6.45, 7) is 2.79. The highest BCUT2D eigenvalue weighted by molar-refractivity contribution is 7.87. The number of nitro groups is 1. The number of rotatable bonds is 7. The lowest BCUT2D eigenvalue weighted by Gasteiger charge is -2.13. The molecule has 0 aliphatic rings. The number of carbonyl (C=O) groups is 1. The number of nitrogens with zero attached hydrogens (tertiary/aromatic N) is 3. The molecule has 172 valence electrons. The van der Waals surface area contributed by atoms with Crippen molar-refractivity contribution in [3.8, 4) is 11.4 Å². The summed E-state index contributed by atoms with van der Waals surface area (Å²) in [4.78, 5) is 34.7. The number of hydrogen-bond acceptors (Lipinski definition) is 9. The highest BCUT2D eigenvalue weighted by atomic mass is 32.2. The van der Waals surface area contributed by atoms with E-state index < -0.39 is 54.4 Å². The standard InChI is InChI=1S/C20H16FN3O8S/c1-3-31-20(26)19-16(11-18(25)23(22-19)14-8-5-13(21)6-9-14)32-33(29,30)17-10-15(24(27)28)7-4-12(17)2/h4-11H,3H2,1-2H3. The summed E-state index contributed by atoms with van der Waals surface area (Å²) >= 11 is 0. The Morgan fingerprint density at radius 1 is 1.18 bits per heavy atom. The van der Waals surface area contributed by atoms with Gasteiger partial charge in [-0.3, -0.25) is 14.9 Å². The molecule has 0 amide bonds. The van der Waals surface area contributed by atoms with Crippen LogP contribution in [0.25, 0.3) is 5.69 Å². The Bertz CT molecular complexity index is 1400. The molecular weight excluding hydrogens is 461 g/mol. The molecule has 0 atom stereocenters. The number of nitro benzene ring substituents is 1. The Labute approximate surface area is 186 Å². The SMILES string of the molecule is CCOC(=O)c1nn(-c2ccc(F)cc2)c(=O)cc1OS(=O)(=O)c1cc([N+](=O)[O-])ccc1C. The second kappa shape index (κ2) is 9.16.